The molecule has 1 rings (SSSR count). The van der Waals surface area contributed by atoms with Crippen molar-refractivity contribution in [2.45, 2.75) is 0 Å². The summed E-state index contributed by atoms with van der Waals surface area (Å²) in [6.45, 7) is -0.172. The van der Waals surface area contributed by atoms with Gasteiger partial charge in [0, 0.05) is 12.7 Å². The zero-order valence-electron chi connectivity index (χ0n) is 10.3. The minimum absolute atomic E-state index is 0.0942. The van der Waals surface area contributed by atoms with Crippen LogP contribution >= 0.6 is 11.6 Å². The van der Waals surface area contributed by atoms with E-state index in [-0.39, 0.29) is 29.7 Å². The molecule has 0 unspecified atom stereocenters. The van der Waals surface area contributed by atoms with Crippen LogP contribution in [0, 0.1) is 11.8 Å². The van der Waals surface area contributed by atoms with Crippen LogP contribution < -0.4 is 4.72 Å². The maximum atomic E-state index is 11.7. The minimum atomic E-state index is -3.51. The average Bonchev–Trinajstić information content (AvgIpc) is 2.37. The number of ether oxygens (including phenoxy) is 1. The number of hydrogen-bond acceptors (Lipinski definition) is 4. The van der Waals surface area contributed by atoms with Crippen LogP contribution in [0.3, 0.4) is 0 Å². The van der Waals surface area contributed by atoms with Gasteiger partial charge >= 0.3 is 0 Å². The van der Waals surface area contributed by atoms with E-state index >= 15 is 0 Å². The summed E-state index contributed by atoms with van der Waals surface area (Å²) >= 11 is 5.91. The Morgan fingerprint density at radius 3 is 2.84 bits per heavy atom. The van der Waals surface area contributed by atoms with E-state index in [0.717, 1.165) is 0 Å². The van der Waals surface area contributed by atoms with Crippen LogP contribution in [0.5, 0.6) is 0 Å². The number of sulfonamides is 1. The van der Waals surface area contributed by atoms with E-state index in [1.165, 1.54) is 19.2 Å². The molecule has 0 fully saturated rings. The first kappa shape index (κ1) is 15.8. The predicted octanol–water partition coefficient (Wildman–Crippen LogP) is 1.07. The molecule has 0 saturated carbocycles. The number of halogens is 1. The van der Waals surface area contributed by atoms with Gasteiger partial charge in [0.1, 0.15) is 6.61 Å². The molecule has 19 heavy (non-hydrogen) atoms. The third kappa shape index (κ3) is 5.49. The van der Waals surface area contributed by atoms with E-state index in [0.29, 0.717) is 5.56 Å². The molecule has 0 saturated heterocycles. The molecule has 0 atom stereocenters. The average molecular weight is 304 g/mol. The van der Waals surface area contributed by atoms with Crippen LogP contribution in [0.25, 0.3) is 0 Å². The topological polar surface area (TPSA) is 75.6 Å². The van der Waals surface area contributed by atoms with Gasteiger partial charge in [-0.05, 0) is 18.2 Å². The molecule has 0 bridgehead atoms. The number of nitrogens with one attached hydrogen (secondary N) is 1. The zero-order valence-corrected chi connectivity index (χ0v) is 11.9. The van der Waals surface area contributed by atoms with Gasteiger partial charge in [-0.15, -0.1) is 0 Å². The summed E-state index contributed by atoms with van der Waals surface area (Å²) in [5.41, 5.74) is 0.811. The van der Waals surface area contributed by atoms with E-state index in [1.807, 2.05) is 0 Å². The lowest BCUT2D eigenvalue weighted by Gasteiger charge is -2.09. The summed E-state index contributed by atoms with van der Waals surface area (Å²) < 4.78 is 30.5. The van der Waals surface area contributed by atoms with Crippen molar-refractivity contribution in [3.05, 3.63) is 28.8 Å². The molecule has 0 amide bonds. The van der Waals surface area contributed by atoms with Gasteiger partial charge in [-0.2, -0.15) is 0 Å². The van der Waals surface area contributed by atoms with Crippen molar-refractivity contribution in [2.24, 2.45) is 0 Å². The number of aliphatic hydroxyl groups excluding tert-OH is 1. The van der Waals surface area contributed by atoms with Crippen molar-refractivity contribution in [1.82, 2.24) is 0 Å². The maximum Gasteiger partial charge on any atom is 0.235 e. The molecular weight excluding hydrogens is 290 g/mol. The molecule has 0 spiro atoms. The van der Waals surface area contributed by atoms with Crippen LogP contribution in [-0.2, 0) is 14.8 Å². The molecule has 1 aromatic rings. The first-order valence-corrected chi connectivity index (χ1v) is 7.40. The fraction of sp³-hybridized carbons (Fsp3) is 0.333. The lowest BCUT2D eigenvalue weighted by Crippen LogP contribution is -2.19. The molecule has 0 aromatic heterocycles. The number of hydrogen-bond donors (Lipinski definition) is 2. The van der Waals surface area contributed by atoms with Crippen molar-refractivity contribution in [3.63, 3.8) is 0 Å². The second-order valence-electron chi connectivity index (χ2n) is 3.57. The van der Waals surface area contributed by atoms with Gasteiger partial charge < -0.3 is 9.84 Å². The Morgan fingerprint density at radius 1 is 1.47 bits per heavy atom. The Morgan fingerprint density at radius 2 is 2.21 bits per heavy atom. The highest BCUT2D eigenvalue weighted by atomic mass is 35.5. The molecule has 2 N–H and O–H groups in total. The third-order valence-corrected chi connectivity index (χ3v) is 3.66. The monoisotopic (exact) mass is 303 g/mol. The summed E-state index contributed by atoms with van der Waals surface area (Å²) in [7, 11) is -2.09. The van der Waals surface area contributed by atoms with Crippen LogP contribution in [0.2, 0.25) is 5.02 Å². The first-order valence-electron chi connectivity index (χ1n) is 5.37. The summed E-state index contributed by atoms with van der Waals surface area (Å²) in [5.74, 6) is 4.99. The lowest BCUT2D eigenvalue weighted by molar-refractivity contribution is 0.217. The Hall–Kier alpha value is -1.26. The maximum absolute atomic E-state index is 11.7. The number of anilines is 1. The van der Waals surface area contributed by atoms with Gasteiger partial charge in [0.15, 0.2) is 0 Å². The number of aliphatic hydroxyl groups is 1. The molecule has 0 heterocycles. The van der Waals surface area contributed by atoms with E-state index in [9.17, 15) is 8.42 Å². The summed E-state index contributed by atoms with van der Waals surface area (Å²) in [6, 6.07) is 4.68. The van der Waals surface area contributed by atoms with E-state index < -0.39 is 10.0 Å². The highest BCUT2D eigenvalue weighted by molar-refractivity contribution is 7.92. The fourth-order valence-corrected chi connectivity index (χ4v) is 2.45. The SMILES string of the molecule is COCCS(=O)(=O)Nc1cc(C#CCO)ccc1Cl. The number of rotatable bonds is 5. The second kappa shape index (κ2) is 7.36. The summed E-state index contributed by atoms with van der Waals surface area (Å²) in [4.78, 5) is 0. The molecule has 5 nitrogen and oxygen atoms in total. The van der Waals surface area contributed by atoms with E-state index in [1.54, 1.807) is 6.07 Å². The van der Waals surface area contributed by atoms with Crippen molar-refractivity contribution < 1.29 is 18.3 Å². The Balaban J connectivity index is 2.94. The first-order chi connectivity index (χ1) is 8.98. The number of benzene rings is 1. The molecular formula is C12H14ClNO4S. The Kier molecular flexibility index (Phi) is 6.12. The van der Waals surface area contributed by atoms with Crippen LogP contribution in [0.1, 0.15) is 5.56 Å². The van der Waals surface area contributed by atoms with Crippen LogP contribution in [0.15, 0.2) is 18.2 Å². The van der Waals surface area contributed by atoms with Crippen LogP contribution in [0.4, 0.5) is 5.69 Å². The quantitative estimate of drug-likeness (QED) is 0.798. The molecule has 0 radical (unpaired) electrons. The van der Waals surface area contributed by atoms with Crippen molar-refractivity contribution >= 4 is 27.3 Å². The van der Waals surface area contributed by atoms with Gasteiger partial charge in [0.25, 0.3) is 0 Å². The Labute approximate surface area is 117 Å². The summed E-state index contributed by atoms with van der Waals surface area (Å²) in [5, 5.41) is 8.88. The zero-order chi connectivity index (χ0) is 14.3. The summed E-state index contributed by atoms with van der Waals surface area (Å²) in [6.07, 6.45) is 0. The van der Waals surface area contributed by atoms with Crippen molar-refractivity contribution in [1.29, 1.82) is 0 Å². The standard InChI is InChI=1S/C12H14ClNO4S/c1-18-7-8-19(16,17)14-12-9-10(3-2-6-15)4-5-11(12)13/h4-5,9,14-15H,6-8H2,1H3. The minimum Gasteiger partial charge on any atom is -0.384 e. The van der Waals surface area contributed by atoms with Gasteiger partial charge in [-0.25, -0.2) is 8.42 Å². The largest absolute Gasteiger partial charge is 0.384 e. The molecule has 7 heteroatoms. The second-order valence-corrected chi connectivity index (χ2v) is 5.82. The highest BCUT2D eigenvalue weighted by Gasteiger charge is 2.12. The van der Waals surface area contributed by atoms with Crippen molar-refractivity contribution in [2.75, 3.05) is 30.8 Å². The molecule has 0 aliphatic heterocycles. The van der Waals surface area contributed by atoms with Crippen LogP contribution in [-0.4, -0.2) is 39.6 Å². The smallest absolute Gasteiger partial charge is 0.235 e. The van der Waals surface area contributed by atoms with Gasteiger partial charge in [-0.1, -0.05) is 23.4 Å². The third-order valence-electron chi connectivity index (χ3n) is 2.10. The van der Waals surface area contributed by atoms with Gasteiger partial charge in [0.05, 0.1) is 23.1 Å². The fourth-order valence-electron chi connectivity index (χ4n) is 1.23. The molecule has 0 aliphatic carbocycles. The predicted molar refractivity (Wildman–Crippen MR) is 74.7 cm³/mol. The Bertz CT molecular complexity index is 589. The van der Waals surface area contributed by atoms with Gasteiger partial charge in [0.2, 0.25) is 10.0 Å². The molecule has 1 aromatic carbocycles. The van der Waals surface area contributed by atoms with E-state index in [2.05, 4.69) is 16.6 Å². The van der Waals surface area contributed by atoms with Crippen molar-refractivity contribution in [3.8, 4) is 11.8 Å². The molecule has 0 aliphatic rings. The van der Waals surface area contributed by atoms with E-state index in [4.69, 9.17) is 21.4 Å². The number of methoxy groups -OCH3 is 1. The van der Waals surface area contributed by atoms with Gasteiger partial charge in [-0.3, -0.25) is 4.72 Å². The molecule has 104 valence electrons. The normalized spacial score (nSPS) is 10.7. The lowest BCUT2D eigenvalue weighted by atomic mass is 10.2. The highest BCUT2D eigenvalue weighted by Crippen LogP contribution is 2.23.